The van der Waals surface area contributed by atoms with Crippen molar-refractivity contribution >= 4 is 5.97 Å². The van der Waals surface area contributed by atoms with Crippen LogP contribution in [0.15, 0.2) is 24.3 Å². The van der Waals surface area contributed by atoms with E-state index in [2.05, 4.69) is 45.0 Å². The quantitative estimate of drug-likeness (QED) is 0.881. The Labute approximate surface area is 115 Å². The molecule has 0 aliphatic heterocycles. The van der Waals surface area contributed by atoms with Gasteiger partial charge in [-0.2, -0.15) is 0 Å². The zero-order valence-electron chi connectivity index (χ0n) is 12.2. The lowest BCUT2D eigenvalue weighted by Crippen LogP contribution is -2.26. The van der Waals surface area contributed by atoms with E-state index in [-0.39, 0.29) is 17.3 Å². The molecule has 1 fully saturated rings. The first-order valence-corrected chi connectivity index (χ1v) is 7.16. The summed E-state index contributed by atoms with van der Waals surface area (Å²) in [5.41, 5.74) is 2.54. The molecule has 1 aromatic carbocycles. The van der Waals surface area contributed by atoms with Gasteiger partial charge in [0.1, 0.15) is 0 Å². The molecule has 0 unspecified atom stereocenters. The lowest BCUT2D eigenvalue weighted by Gasteiger charge is -2.29. The average molecular weight is 260 g/mol. The normalized spacial score (nSPS) is 18.5. The number of aliphatic carboxylic acids is 1. The molecule has 1 aliphatic carbocycles. The second kappa shape index (κ2) is 4.99. The van der Waals surface area contributed by atoms with Crippen LogP contribution in [0.5, 0.6) is 0 Å². The van der Waals surface area contributed by atoms with Gasteiger partial charge >= 0.3 is 5.97 Å². The van der Waals surface area contributed by atoms with Crippen molar-refractivity contribution in [1.82, 2.24) is 0 Å². The number of carboxylic acids is 1. The van der Waals surface area contributed by atoms with Crippen LogP contribution in [0.4, 0.5) is 0 Å². The molecule has 1 saturated carbocycles. The molecule has 0 spiro atoms. The number of carbonyl (C=O) groups is 1. The summed E-state index contributed by atoms with van der Waals surface area (Å²) in [5, 5.41) is 9.18. The van der Waals surface area contributed by atoms with Crippen LogP contribution in [0.25, 0.3) is 0 Å². The van der Waals surface area contributed by atoms with Gasteiger partial charge in [-0.15, -0.1) is 0 Å². The maximum Gasteiger partial charge on any atom is 0.304 e. The Morgan fingerprint density at radius 3 is 2.11 bits per heavy atom. The monoisotopic (exact) mass is 260 g/mol. The highest BCUT2D eigenvalue weighted by molar-refractivity contribution is 5.69. The summed E-state index contributed by atoms with van der Waals surface area (Å²) in [6, 6.07) is 8.62. The molecule has 0 amide bonds. The number of hydrogen-bond donors (Lipinski definition) is 1. The molecule has 2 nitrogen and oxygen atoms in total. The summed E-state index contributed by atoms with van der Waals surface area (Å²) in [6.45, 7) is 6.60. The number of carboxylic acid groups (broad SMARTS) is 1. The molecule has 1 aromatic rings. The zero-order valence-corrected chi connectivity index (χ0v) is 12.2. The van der Waals surface area contributed by atoms with E-state index in [1.54, 1.807) is 0 Å². The van der Waals surface area contributed by atoms with E-state index < -0.39 is 5.97 Å². The lowest BCUT2D eigenvalue weighted by atomic mass is 9.75. The topological polar surface area (TPSA) is 37.3 Å². The fraction of sp³-hybridized carbons (Fsp3) is 0.588. The Morgan fingerprint density at radius 1 is 1.16 bits per heavy atom. The van der Waals surface area contributed by atoms with Gasteiger partial charge in [0.25, 0.3) is 0 Å². The predicted octanol–water partition coefficient (Wildman–Crippen LogP) is 4.27. The van der Waals surface area contributed by atoms with Crippen molar-refractivity contribution in [3.63, 3.8) is 0 Å². The molecule has 0 heterocycles. The number of hydrogen-bond acceptors (Lipinski definition) is 1. The molecule has 0 radical (unpaired) electrons. The first-order chi connectivity index (χ1) is 8.83. The third kappa shape index (κ3) is 2.99. The fourth-order valence-corrected chi connectivity index (χ4v) is 3.23. The van der Waals surface area contributed by atoms with Gasteiger partial charge in [0.2, 0.25) is 0 Å². The SMILES string of the molecule is CC(C)(C)c1ccc(C2(CC(=O)O)CCCC2)cc1. The zero-order chi connectivity index (χ0) is 14.1. The van der Waals surface area contributed by atoms with E-state index in [0.717, 1.165) is 25.7 Å². The number of benzene rings is 1. The second-order valence-corrected chi connectivity index (χ2v) is 6.89. The van der Waals surface area contributed by atoms with Crippen molar-refractivity contribution in [3.8, 4) is 0 Å². The Morgan fingerprint density at radius 2 is 1.68 bits per heavy atom. The lowest BCUT2D eigenvalue weighted by molar-refractivity contribution is -0.138. The first kappa shape index (κ1) is 14.1. The maximum atomic E-state index is 11.2. The Hall–Kier alpha value is -1.31. The van der Waals surface area contributed by atoms with Crippen LogP contribution >= 0.6 is 0 Å². The van der Waals surface area contributed by atoms with Crippen LogP contribution in [0.1, 0.15) is 64.0 Å². The molecule has 2 heteroatoms. The largest absolute Gasteiger partial charge is 0.481 e. The van der Waals surface area contributed by atoms with Crippen molar-refractivity contribution in [1.29, 1.82) is 0 Å². The molecule has 19 heavy (non-hydrogen) atoms. The van der Waals surface area contributed by atoms with Crippen molar-refractivity contribution in [2.75, 3.05) is 0 Å². The predicted molar refractivity (Wildman–Crippen MR) is 77.5 cm³/mol. The fourth-order valence-electron chi connectivity index (χ4n) is 3.23. The molecule has 104 valence electrons. The maximum absolute atomic E-state index is 11.2. The third-order valence-corrected chi connectivity index (χ3v) is 4.41. The molecule has 1 aliphatic rings. The van der Waals surface area contributed by atoms with Crippen molar-refractivity contribution < 1.29 is 9.90 Å². The molecule has 0 saturated heterocycles. The summed E-state index contributed by atoms with van der Waals surface area (Å²) < 4.78 is 0. The Balaban J connectivity index is 2.31. The highest BCUT2D eigenvalue weighted by atomic mass is 16.4. The van der Waals surface area contributed by atoms with Crippen LogP contribution in [0, 0.1) is 0 Å². The van der Waals surface area contributed by atoms with Crippen LogP contribution in [0.2, 0.25) is 0 Å². The van der Waals surface area contributed by atoms with E-state index in [1.165, 1.54) is 11.1 Å². The average Bonchev–Trinajstić information content (AvgIpc) is 2.77. The minimum atomic E-state index is -0.679. The van der Waals surface area contributed by atoms with Gasteiger partial charge in [-0.25, -0.2) is 0 Å². The summed E-state index contributed by atoms with van der Waals surface area (Å²) in [5.74, 6) is -0.679. The van der Waals surface area contributed by atoms with Crippen LogP contribution in [0.3, 0.4) is 0 Å². The molecule has 0 atom stereocenters. The highest BCUT2D eigenvalue weighted by Crippen LogP contribution is 2.44. The standard InChI is InChI=1S/C17H24O2/c1-16(2,3)13-6-8-14(9-7-13)17(12-15(18)19)10-4-5-11-17/h6-9H,4-5,10-12H2,1-3H3,(H,18,19). The highest BCUT2D eigenvalue weighted by Gasteiger charge is 2.37. The van der Waals surface area contributed by atoms with Gasteiger partial charge in [0.05, 0.1) is 6.42 Å². The van der Waals surface area contributed by atoms with Crippen molar-refractivity contribution in [2.24, 2.45) is 0 Å². The van der Waals surface area contributed by atoms with Gasteiger partial charge in [-0.05, 0) is 29.4 Å². The van der Waals surface area contributed by atoms with E-state index in [9.17, 15) is 9.90 Å². The van der Waals surface area contributed by atoms with E-state index in [4.69, 9.17) is 0 Å². The van der Waals surface area contributed by atoms with Crippen LogP contribution < -0.4 is 0 Å². The van der Waals surface area contributed by atoms with Gasteiger partial charge in [-0.1, -0.05) is 57.9 Å². The molecule has 0 bridgehead atoms. The molecule has 2 rings (SSSR count). The van der Waals surface area contributed by atoms with E-state index in [0.29, 0.717) is 0 Å². The van der Waals surface area contributed by atoms with Crippen molar-refractivity contribution in [3.05, 3.63) is 35.4 Å². The van der Waals surface area contributed by atoms with E-state index >= 15 is 0 Å². The van der Waals surface area contributed by atoms with Gasteiger partial charge in [0, 0.05) is 5.41 Å². The number of rotatable bonds is 3. The van der Waals surface area contributed by atoms with Crippen LogP contribution in [-0.2, 0) is 15.6 Å². The van der Waals surface area contributed by atoms with Crippen molar-refractivity contribution in [2.45, 2.75) is 63.7 Å². The minimum Gasteiger partial charge on any atom is -0.481 e. The molecular weight excluding hydrogens is 236 g/mol. The smallest absolute Gasteiger partial charge is 0.304 e. The molecular formula is C17H24O2. The molecule has 1 N–H and O–H groups in total. The van der Waals surface area contributed by atoms with Crippen LogP contribution in [-0.4, -0.2) is 11.1 Å². The third-order valence-electron chi connectivity index (χ3n) is 4.41. The van der Waals surface area contributed by atoms with E-state index in [1.807, 2.05) is 0 Å². The molecule has 0 aromatic heterocycles. The second-order valence-electron chi connectivity index (χ2n) is 6.89. The Kier molecular flexibility index (Phi) is 3.71. The van der Waals surface area contributed by atoms with Gasteiger partial charge in [-0.3, -0.25) is 4.79 Å². The summed E-state index contributed by atoms with van der Waals surface area (Å²) in [7, 11) is 0. The minimum absolute atomic E-state index is 0.123. The Bertz CT molecular complexity index is 445. The first-order valence-electron chi connectivity index (χ1n) is 7.16. The van der Waals surface area contributed by atoms with Gasteiger partial charge < -0.3 is 5.11 Å². The summed E-state index contributed by atoms with van der Waals surface area (Å²) in [4.78, 5) is 11.2. The van der Waals surface area contributed by atoms with Gasteiger partial charge in [0.15, 0.2) is 0 Å². The summed E-state index contributed by atoms with van der Waals surface area (Å²) >= 11 is 0. The summed E-state index contributed by atoms with van der Waals surface area (Å²) in [6.07, 6.45) is 4.58.